The maximum absolute atomic E-state index is 6.03. The highest BCUT2D eigenvalue weighted by molar-refractivity contribution is 6.30. The predicted octanol–water partition coefficient (Wildman–Crippen LogP) is 6.37. The van der Waals surface area contributed by atoms with E-state index in [1.807, 2.05) is 36.4 Å². The van der Waals surface area contributed by atoms with Crippen LogP contribution in [0.25, 0.3) is 0 Å². The topological polar surface area (TPSA) is 21.3 Å². The van der Waals surface area contributed by atoms with Crippen molar-refractivity contribution in [3.05, 3.63) is 64.7 Å². The number of nitrogens with one attached hydrogen (secondary N) is 1. The molecule has 0 heterocycles. The second-order valence-electron chi connectivity index (χ2n) is 6.47. The largest absolute Gasteiger partial charge is 0.489 e. The standard InChI is InChI=1S/C22H30ClNO/c1-2-3-4-5-6-9-15-24-17-20-12-7-8-14-22(20)25-18-19-11-10-13-21(23)16-19/h7-8,10-14,16,24H,2-6,9,15,17-18H2,1H3. The molecule has 0 aliphatic rings. The van der Waals surface area contributed by atoms with Gasteiger partial charge in [0.25, 0.3) is 0 Å². The number of ether oxygens (including phenoxy) is 1. The van der Waals surface area contributed by atoms with Gasteiger partial charge in [0.1, 0.15) is 12.4 Å². The zero-order valence-electron chi connectivity index (χ0n) is 15.3. The molecule has 0 amide bonds. The highest BCUT2D eigenvalue weighted by Gasteiger charge is 2.03. The van der Waals surface area contributed by atoms with Gasteiger partial charge in [0.2, 0.25) is 0 Å². The first-order valence-corrected chi connectivity index (χ1v) is 9.83. The van der Waals surface area contributed by atoms with Crippen LogP contribution >= 0.6 is 11.6 Å². The van der Waals surface area contributed by atoms with Crippen LogP contribution in [0.15, 0.2) is 48.5 Å². The van der Waals surface area contributed by atoms with Gasteiger partial charge >= 0.3 is 0 Å². The third kappa shape index (κ3) is 7.94. The molecule has 2 rings (SSSR count). The molecule has 25 heavy (non-hydrogen) atoms. The van der Waals surface area contributed by atoms with E-state index >= 15 is 0 Å². The van der Waals surface area contributed by atoms with Gasteiger partial charge < -0.3 is 10.1 Å². The monoisotopic (exact) mass is 359 g/mol. The number of rotatable bonds is 12. The molecule has 0 aliphatic carbocycles. The Morgan fingerprint density at radius 1 is 0.920 bits per heavy atom. The number of hydrogen-bond acceptors (Lipinski definition) is 2. The normalized spacial score (nSPS) is 10.8. The van der Waals surface area contributed by atoms with Crippen molar-refractivity contribution >= 4 is 11.6 Å². The number of benzene rings is 2. The van der Waals surface area contributed by atoms with Gasteiger partial charge in [0.15, 0.2) is 0 Å². The van der Waals surface area contributed by atoms with Crippen molar-refractivity contribution in [2.24, 2.45) is 0 Å². The van der Waals surface area contributed by atoms with Gasteiger partial charge in [-0.1, -0.05) is 81.0 Å². The molecular weight excluding hydrogens is 330 g/mol. The van der Waals surface area contributed by atoms with Gasteiger partial charge in [-0.2, -0.15) is 0 Å². The van der Waals surface area contributed by atoms with E-state index in [9.17, 15) is 0 Å². The lowest BCUT2D eigenvalue weighted by atomic mass is 10.1. The summed E-state index contributed by atoms with van der Waals surface area (Å²) < 4.78 is 6.00. The Kier molecular flexibility index (Phi) is 9.46. The van der Waals surface area contributed by atoms with Crippen molar-refractivity contribution in [3.63, 3.8) is 0 Å². The van der Waals surface area contributed by atoms with E-state index in [-0.39, 0.29) is 0 Å². The summed E-state index contributed by atoms with van der Waals surface area (Å²) in [4.78, 5) is 0. The van der Waals surface area contributed by atoms with E-state index in [1.54, 1.807) is 0 Å². The lowest BCUT2D eigenvalue weighted by Crippen LogP contribution is -2.15. The second-order valence-corrected chi connectivity index (χ2v) is 6.91. The SMILES string of the molecule is CCCCCCCCNCc1ccccc1OCc1cccc(Cl)c1. The van der Waals surface area contributed by atoms with Crippen molar-refractivity contribution in [2.45, 2.75) is 58.6 Å². The first kappa shape index (κ1) is 19.8. The zero-order chi connectivity index (χ0) is 17.7. The van der Waals surface area contributed by atoms with Gasteiger partial charge in [-0.3, -0.25) is 0 Å². The highest BCUT2D eigenvalue weighted by atomic mass is 35.5. The summed E-state index contributed by atoms with van der Waals surface area (Å²) in [5.74, 6) is 0.943. The molecule has 0 aliphatic heterocycles. The summed E-state index contributed by atoms with van der Waals surface area (Å²) in [6, 6.07) is 16.1. The molecule has 2 nitrogen and oxygen atoms in total. The fraction of sp³-hybridized carbons (Fsp3) is 0.455. The Balaban J connectivity index is 1.72. The molecular formula is C22H30ClNO. The summed E-state index contributed by atoms with van der Waals surface area (Å²) in [6.07, 6.45) is 7.97. The number of hydrogen-bond donors (Lipinski definition) is 1. The molecule has 0 saturated carbocycles. The minimum atomic E-state index is 0.537. The number of para-hydroxylation sites is 1. The van der Waals surface area contributed by atoms with Crippen LogP contribution in [0, 0.1) is 0 Å². The van der Waals surface area contributed by atoms with E-state index in [0.29, 0.717) is 6.61 Å². The van der Waals surface area contributed by atoms with Gasteiger partial charge in [0.05, 0.1) is 0 Å². The fourth-order valence-electron chi connectivity index (χ4n) is 2.83. The predicted molar refractivity (Wildman–Crippen MR) is 107 cm³/mol. The second kappa shape index (κ2) is 11.9. The number of unbranched alkanes of at least 4 members (excludes halogenated alkanes) is 5. The van der Waals surface area contributed by atoms with Crippen LogP contribution in [0.1, 0.15) is 56.6 Å². The van der Waals surface area contributed by atoms with Crippen LogP contribution in [-0.4, -0.2) is 6.54 Å². The Morgan fingerprint density at radius 2 is 1.72 bits per heavy atom. The Labute approximate surface area is 157 Å². The Morgan fingerprint density at radius 3 is 2.56 bits per heavy atom. The minimum Gasteiger partial charge on any atom is -0.489 e. The maximum atomic E-state index is 6.03. The molecule has 0 aromatic heterocycles. The van der Waals surface area contributed by atoms with Crippen LogP contribution in [0.5, 0.6) is 5.75 Å². The van der Waals surface area contributed by atoms with Crippen molar-refractivity contribution in [1.82, 2.24) is 5.32 Å². The fourth-order valence-corrected chi connectivity index (χ4v) is 3.04. The average molecular weight is 360 g/mol. The van der Waals surface area contributed by atoms with Crippen LogP contribution in [-0.2, 0) is 13.2 Å². The Hall–Kier alpha value is -1.51. The molecule has 0 spiro atoms. The van der Waals surface area contributed by atoms with E-state index in [1.165, 1.54) is 44.1 Å². The first-order chi connectivity index (χ1) is 12.3. The maximum Gasteiger partial charge on any atom is 0.124 e. The van der Waals surface area contributed by atoms with Crippen LogP contribution in [0.4, 0.5) is 0 Å². The zero-order valence-corrected chi connectivity index (χ0v) is 16.0. The molecule has 0 bridgehead atoms. The van der Waals surface area contributed by atoms with Gasteiger partial charge in [0, 0.05) is 17.1 Å². The van der Waals surface area contributed by atoms with Crippen molar-refractivity contribution in [1.29, 1.82) is 0 Å². The third-order valence-corrected chi connectivity index (χ3v) is 4.51. The lowest BCUT2D eigenvalue weighted by Gasteiger charge is -2.12. The summed E-state index contributed by atoms with van der Waals surface area (Å²) >= 11 is 6.03. The van der Waals surface area contributed by atoms with Crippen LogP contribution < -0.4 is 10.1 Å². The summed E-state index contributed by atoms with van der Waals surface area (Å²) in [6.45, 7) is 4.71. The minimum absolute atomic E-state index is 0.537. The van der Waals surface area contributed by atoms with E-state index in [4.69, 9.17) is 16.3 Å². The lowest BCUT2D eigenvalue weighted by molar-refractivity contribution is 0.302. The quantitative estimate of drug-likeness (QED) is 0.444. The molecule has 0 atom stereocenters. The van der Waals surface area contributed by atoms with Crippen LogP contribution in [0.2, 0.25) is 5.02 Å². The van der Waals surface area contributed by atoms with Crippen molar-refractivity contribution < 1.29 is 4.74 Å². The van der Waals surface area contributed by atoms with Crippen molar-refractivity contribution in [3.8, 4) is 5.75 Å². The van der Waals surface area contributed by atoms with E-state index in [2.05, 4.69) is 24.4 Å². The average Bonchev–Trinajstić information content (AvgIpc) is 2.63. The molecule has 0 radical (unpaired) electrons. The van der Waals surface area contributed by atoms with Gasteiger partial charge in [-0.15, -0.1) is 0 Å². The summed E-state index contributed by atoms with van der Waals surface area (Å²) in [5.41, 5.74) is 2.29. The molecule has 3 heteroatoms. The Bertz CT molecular complexity index is 614. The molecule has 0 fully saturated rings. The van der Waals surface area contributed by atoms with E-state index in [0.717, 1.165) is 29.4 Å². The summed E-state index contributed by atoms with van der Waals surface area (Å²) in [5, 5.41) is 4.28. The highest BCUT2D eigenvalue weighted by Crippen LogP contribution is 2.20. The van der Waals surface area contributed by atoms with Gasteiger partial charge in [-0.25, -0.2) is 0 Å². The van der Waals surface area contributed by atoms with E-state index < -0.39 is 0 Å². The molecule has 2 aromatic rings. The molecule has 0 saturated heterocycles. The number of halogens is 1. The smallest absolute Gasteiger partial charge is 0.124 e. The molecule has 2 aromatic carbocycles. The van der Waals surface area contributed by atoms with Crippen LogP contribution in [0.3, 0.4) is 0 Å². The molecule has 0 unspecified atom stereocenters. The van der Waals surface area contributed by atoms with Crippen molar-refractivity contribution in [2.75, 3.05) is 6.54 Å². The first-order valence-electron chi connectivity index (χ1n) is 9.45. The van der Waals surface area contributed by atoms with Gasteiger partial charge in [-0.05, 0) is 36.7 Å². The summed E-state index contributed by atoms with van der Waals surface area (Å²) in [7, 11) is 0. The molecule has 136 valence electrons. The molecule has 1 N–H and O–H groups in total. The third-order valence-electron chi connectivity index (χ3n) is 4.28.